The molecule has 1 aliphatic carbocycles. The summed E-state index contributed by atoms with van der Waals surface area (Å²) in [4.78, 5) is 0. The zero-order valence-electron chi connectivity index (χ0n) is 12.0. The van der Waals surface area contributed by atoms with Crippen LogP contribution in [-0.2, 0) is 17.7 Å². The monoisotopic (exact) mass is 275 g/mol. The molecule has 2 heterocycles. The van der Waals surface area contributed by atoms with Gasteiger partial charge in [-0.2, -0.15) is 5.10 Å². The molecule has 5 nitrogen and oxygen atoms in total. The van der Waals surface area contributed by atoms with Gasteiger partial charge < -0.3 is 14.4 Å². The molecule has 1 unspecified atom stereocenters. The highest BCUT2D eigenvalue weighted by Crippen LogP contribution is 2.33. The second-order valence-electron chi connectivity index (χ2n) is 5.39. The normalized spacial score (nSPS) is 18.2. The molecule has 0 saturated heterocycles. The molecule has 1 aliphatic rings. The van der Waals surface area contributed by atoms with E-state index in [1.165, 1.54) is 5.69 Å². The van der Waals surface area contributed by atoms with Crippen LogP contribution in [0.3, 0.4) is 0 Å². The van der Waals surface area contributed by atoms with E-state index in [1.807, 2.05) is 17.1 Å². The van der Waals surface area contributed by atoms with Gasteiger partial charge in [-0.05, 0) is 32.3 Å². The maximum absolute atomic E-state index is 10.1. The van der Waals surface area contributed by atoms with E-state index in [4.69, 9.17) is 4.74 Å². The molecule has 108 valence electrons. The molecule has 0 fully saturated rings. The molecule has 0 amide bonds. The molecule has 5 heteroatoms. The number of hydrogen-bond donors (Lipinski definition) is 1. The zero-order chi connectivity index (χ0) is 14.1. The van der Waals surface area contributed by atoms with Gasteiger partial charge in [-0.25, -0.2) is 0 Å². The summed E-state index contributed by atoms with van der Waals surface area (Å²) in [5, 5.41) is 14.5. The van der Waals surface area contributed by atoms with Gasteiger partial charge in [0.2, 0.25) is 0 Å². The number of fused-ring (bicyclic) bond motifs is 1. The van der Waals surface area contributed by atoms with Gasteiger partial charge >= 0.3 is 0 Å². The van der Waals surface area contributed by atoms with Gasteiger partial charge in [-0.3, -0.25) is 4.68 Å². The number of rotatable bonds is 4. The first kappa shape index (κ1) is 13.4. The van der Waals surface area contributed by atoms with Crippen LogP contribution in [0.25, 0.3) is 5.69 Å². The summed E-state index contributed by atoms with van der Waals surface area (Å²) in [7, 11) is 1.69. The Hall–Kier alpha value is -1.59. The van der Waals surface area contributed by atoms with Crippen LogP contribution < -0.4 is 0 Å². The van der Waals surface area contributed by atoms with Crippen molar-refractivity contribution in [3.05, 3.63) is 35.4 Å². The third kappa shape index (κ3) is 2.27. The van der Waals surface area contributed by atoms with Gasteiger partial charge in [0, 0.05) is 30.3 Å². The number of ether oxygens (including phenoxy) is 1. The molecule has 0 bridgehead atoms. The van der Waals surface area contributed by atoms with Crippen LogP contribution in [0.15, 0.2) is 18.5 Å². The Morgan fingerprint density at radius 3 is 3.15 bits per heavy atom. The highest BCUT2D eigenvalue weighted by atomic mass is 16.5. The van der Waals surface area contributed by atoms with Crippen LogP contribution in [0.5, 0.6) is 0 Å². The maximum atomic E-state index is 10.1. The molecule has 20 heavy (non-hydrogen) atoms. The van der Waals surface area contributed by atoms with E-state index >= 15 is 0 Å². The molecule has 0 radical (unpaired) electrons. The van der Waals surface area contributed by atoms with Crippen molar-refractivity contribution in [2.75, 3.05) is 13.7 Å². The van der Waals surface area contributed by atoms with Gasteiger partial charge in [0.15, 0.2) is 0 Å². The molecule has 0 spiro atoms. The molecule has 0 aliphatic heterocycles. The Bertz CT molecular complexity index is 600. The first-order valence-electron chi connectivity index (χ1n) is 7.11. The maximum Gasteiger partial charge on any atom is 0.0837 e. The number of aryl methyl sites for hydroxylation is 1. The topological polar surface area (TPSA) is 52.2 Å². The molecule has 2 aromatic heterocycles. The number of hydrogen-bond acceptors (Lipinski definition) is 3. The molecule has 2 aromatic rings. The SMILES string of the molecule is COCCn1cc(-n2c(C)cc3c2CCCC3O)cn1. The fraction of sp³-hybridized carbons (Fsp3) is 0.533. The lowest BCUT2D eigenvalue weighted by Gasteiger charge is -2.19. The van der Waals surface area contributed by atoms with Gasteiger partial charge in [0.05, 0.1) is 31.1 Å². The van der Waals surface area contributed by atoms with Crippen LogP contribution >= 0.6 is 0 Å². The fourth-order valence-corrected chi connectivity index (χ4v) is 3.01. The van der Waals surface area contributed by atoms with Crippen molar-refractivity contribution in [3.8, 4) is 5.69 Å². The van der Waals surface area contributed by atoms with E-state index in [-0.39, 0.29) is 6.10 Å². The molecule has 0 saturated carbocycles. The van der Waals surface area contributed by atoms with Crippen molar-refractivity contribution in [2.45, 2.75) is 38.8 Å². The Kier molecular flexibility index (Phi) is 3.63. The number of nitrogens with zero attached hydrogens (tertiary/aromatic N) is 3. The second-order valence-corrected chi connectivity index (χ2v) is 5.39. The third-order valence-electron chi connectivity index (χ3n) is 3.97. The van der Waals surface area contributed by atoms with E-state index < -0.39 is 0 Å². The minimum absolute atomic E-state index is 0.317. The van der Waals surface area contributed by atoms with Gasteiger partial charge in [0.25, 0.3) is 0 Å². The van der Waals surface area contributed by atoms with E-state index in [1.54, 1.807) is 7.11 Å². The first-order chi connectivity index (χ1) is 9.70. The van der Waals surface area contributed by atoms with E-state index in [9.17, 15) is 5.11 Å². The van der Waals surface area contributed by atoms with Crippen molar-refractivity contribution < 1.29 is 9.84 Å². The standard InChI is InChI=1S/C15H21N3O2/c1-11-8-13-14(4-3-5-15(13)19)18(11)12-9-16-17(10-12)6-7-20-2/h8-10,15,19H,3-7H2,1-2H3. The van der Waals surface area contributed by atoms with E-state index in [2.05, 4.69) is 22.7 Å². The van der Waals surface area contributed by atoms with Gasteiger partial charge in [0.1, 0.15) is 0 Å². The van der Waals surface area contributed by atoms with E-state index in [0.717, 1.165) is 42.8 Å². The highest BCUT2D eigenvalue weighted by Gasteiger charge is 2.24. The number of methoxy groups -OCH3 is 1. The largest absolute Gasteiger partial charge is 0.388 e. The highest BCUT2D eigenvalue weighted by molar-refractivity contribution is 5.41. The quantitative estimate of drug-likeness (QED) is 0.928. The molecule has 1 N–H and O–H groups in total. The van der Waals surface area contributed by atoms with Crippen molar-refractivity contribution >= 4 is 0 Å². The fourth-order valence-electron chi connectivity index (χ4n) is 3.01. The average molecular weight is 275 g/mol. The van der Waals surface area contributed by atoms with Crippen LogP contribution in [0.2, 0.25) is 0 Å². The lowest BCUT2D eigenvalue weighted by Crippen LogP contribution is -2.11. The average Bonchev–Trinajstić information content (AvgIpc) is 3.01. The Morgan fingerprint density at radius 1 is 1.50 bits per heavy atom. The number of aliphatic hydroxyl groups excluding tert-OH is 1. The Balaban J connectivity index is 1.96. The summed E-state index contributed by atoms with van der Waals surface area (Å²) in [6, 6.07) is 2.10. The predicted molar refractivity (Wildman–Crippen MR) is 76.1 cm³/mol. The van der Waals surface area contributed by atoms with Crippen molar-refractivity contribution in [1.82, 2.24) is 14.3 Å². The minimum atomic E-state index is -0.317. The Labute approximate surface area is 118 Å². The van der Waals surface area contributed by atoms with Gasteiger partial charge in [-0.15, -0.1) is 0 Å². The molecular weight excluding hydrogens is 254 g/mol. The van der Waals surface area contributed by atoms with Crippen LogP contribution in [-0.4, -0.2) is 33.2 Å². The summed E-state index contributed by atoms with van der Waals surface area (Å²) < 4.78 is 9.18. The molecule has 0 aromatic carbocycles. The zero-order valence-corrected chi connectivity index (χ0v) is 12.0. The second kappa shape index (κ2) is 5.42. The Morgan fingerprint density at radius 2 is 2.35 bits per heavy atom. The first-order valence-corrected chi connectivity index (χ1v) is 7.11. The summed E-state index contributed by atoms with van der Waals surface area (Å²) in [5.41, 5.74) is 4.53. The lowest BCUT2D eigenvalue weighted by atomic mass is 9.95. The molecular formula is C15H21N3O2. The van der Waals surface area contributed by atoms with Crippen LogP contribution in [0.4, 0.5) is 0 Å². The van der Waals surface area contributed by atoms with Crippen molar-refractivity contribution in [3.63, 3.8) is 0 Å². The number of aliphatic hydroxyl groups is 1. The van der Waals surface area contributed by atoms with Crippen molar-refractivity contribution in [1.29, 1.82) is 0 Å². The summed E-state index contributed by atoms with van der Waals surface area (Å²) in [6.45, 7) is 3.49. The third-order valence-corrected chi connectivity index (χ3v) is 3.97. The minimum Gasteiger partial charge on any atom is -0.388 e. The molecule has 1 atom stereocenters. The summed E-state index contributed by atoms with van der Waals surface area (Å²) in [6.07, 6.45) is 6.52. The number of aromatic nitrogens is 3. The predicted octanol–water partition coefficient (Wildman–Crippen LogP) is 2.00. The van der Waals surface area contributed by atoms with Crippen molar-refractivity contribution in [2.24, 2.45) is 0 Å². The van der Waals surface area contributed by atoms with Gasteiger partial charge in [-0.1, -0.05) is 0 Å². The smallest absolute Gasteiger partial charge is 0.0837 e. The lowest BCUT2D eigenvalue weighted by molar-refractivity contribution is 0.156. The molecule has 3 rings (SSSR count). The summed E-state index contributed by atoms with van der Waals surface area (Å²) in [5.74, 6) is 0. The van der Waals surface area contributed by atoms with Crippen LogP contribution in [0.1, 0.15) is 35.9 Å². The summed E-state index contributed by atoms with van der Waals surface area (Å²) >= 11 is 0. The van der Waals surface area contributed by atoms with E-state index in [0.29, 0.717) is 6.61 Å². The van der Waals surface area contributed by atoms with Crippen LogP contribution in [0, 0.1) is 6.92 Å².